The maximum Gasteiger partial charge on any atom is 0.433 e. The van der Waals surface area contributed by atoms with Gasteiger partial charge >= 0.3 is 6.18 Å². The molecule has 124 valence electrons. The van der Waals surface area contributed by atoms with E-state index in [0.717, 1.165) is 23.9 Å². The number of nitrogens with zero attached hydrogens (tertiary/aromatic N) is 2. The molecule has 1 aliphatic rings. The molecule has 0 aromatic carbocycles. The standard InChI is InChI=1S/C15H16F3N3S2/c1-21-8-7-11(20-23(21)2)13-5-4-12(22-13)10-3-6-14(19-9-10)15(16,17)18/h3-6,9,11,20H,2,7-8H2,1H3/t11-,23?/m0/s1. The molecule has 2 atom stereocenters. The minimum absolute atomic E-state index is 0.211. The molecule has 1 aliphatic heterocycles. The molecule has 2 aromatic rings. The van der Waals surface area contributed by atoms with E-state index in [1.807, 2.05) is 19.2 Å². The van der Waals surface area contributed by atoms with Gasteiger partial charge in [0.25, 0.3) is 0 Å². The monoisotopic (exact) mass is 359 g/mol. The summed E-state index contributed by atoms with van der Waals surface area (Å²) in [6.45, 7) is 0.972. The topological polar surface area (TPSA) is 28.2 Å². The van der Waals surface area contributed by atoms with Gasteiger partial charge in [0.15, 0.2) is 0 Å². The number of hydrogen-bond acceptors (Lipinski definition) is 4. The molecule has 3 rings (SSSR count). The molecule has 0 spiro atoms. The van der Waals surface area contributed by atoms with Gasteiger partial charge in [-0.3, -0.25) is 4.98 Å². The molecule has 1 saturated heterocycles. The van der Waals surface area contributed by atoms with Crippen LogP contribution in [0.2, 0.25) is 0 Å². The zero-order valence-electron chi connectivity index (χ0n) is 12.4. The van der Waals surface area contributed by atoms with Crippen molar-refractivity contribution in [1.29, 1.82) is 0 Å². The lowest BCUT2D eigenvalue weighted by Gasteiger charge is -2.32. The number of hydrogen-bond donors (Lipinski definition) is 1. The van der Waals surface area contributed by atoms with E-state index in [4.69, 9.17) is 0 Å². The lowest BCUT2D eigenvalue weighted by atomic mass is 10.1. The average Bonchev–Trinajstić information content (AvgIpc) is 2.99. The lowest BCUT2D eigenvalue weighted by Crippen LogP contribution is -2.32. The van der Waals surface area contributed by atoms with Crippen molar-refractivity contribution >= 4 is 28.1 Å². The van der Waals surface area contributed by atoms with Crippen LogP contribution >= 0.6 is 22.2 Å². The minimum Gasteiger partial charge on any atom is -0.251 e. The summed E-state index contributed by atoms with van der Waals surface area (Å²) >= 11 is 1.58. The maximum absolute atomic E-state index is 12.6. The lowest BCUT2D eigenvalue weighted by molar-refractivity contribution is -0.141. The zero-order valence-corrected chi connectivity index (χ0v) is 14.1. The van der Waals surface area contributed by atoms with Crippen molar-refractivity contribution in [3.05, 3.63) is 41.0 Å². The van der Waals surface area contributed by atoms with Crippen LogP contribution in [0.3, 0.4) is 0 Å². The third-order valence-electron chi connectivity index (χ3n) is 3.70. The van der Waals surface area contributed by atoms with Crippen molar-refractivity contribution in [2.24, 2.45) is 0 Å². The Labute approximate surface area is 139 Å². The molecule has 8 heteroatoms. The van der Waals surface area contributed by atoms with E-state index < -0.39 is 11.9 Å². The van der Waals surface area contributed by atoms with Gasteiger partial charge in [0.1, 0.15) is 5.69 Å². The van der Waals surface area contributed by atoms with Gasteiger partial charge in [-0.25, -0.2) is 9.03 Å². The van der Waals surface area contributed by atoms with Crippen LogP contribution < -0.4 is 4.72 Å². The number of pyridine rings is 1. The number of thiophene rings is 1. The molecule has 3 heterocycles. The van der Waals surface area contributed by atoms with Gasteiger partial charge in [-0.1, -0.05) is 10.9 Å². The number of aromatic nitrogens is 1. The molecular formula is C15H16F3N3S2. The quantitative estimate of drug-likeness (QED) is 0.809. The second-order valence-electron chi connectivity index (χ2n) is 5.31. The highest BCUT2D eigenvalue weighted by molar-refractivity contribution is 8.10. The molecule has 1 fully saturated rings. The summed E-state index contributed by atoms with van der Waals surface area (Å²) in [5, 5.41) is 0. The second-order valence-corrected chi connectivity index (χ2v) is 8.01. The van der Waals surface area contributed by atoms with Crippen LogP contribution in [-0.2, 0) is 6.18 Å². The van der Waals surface area contributed by atoms with Crippen LogP contribution in [0.5, 0.6) is 0 Å². The van der Waals surface area contributed by atoms with Crippen LogP contribution in [0, 0.1) is 0 Å². The van der Waals surface area contributed by atoms with E-state index >= 15 is 0 Å². The number of rotatable bonds is 2. The van der Waals surface area contributed by atoms with Crippen LogP contribution in [0.4, 0.5) is 13.2 Å². The molecule has 0 bridgehead atoms. The van der Waals surface area contributed by atoms with Crippen molar-refractivity contribution in [2.45, 2.75) is 18.6 Å². The van der Waals surface area contributed by atoms with E-state index in [1.165, 1.54) is 17.1 Å². The van der Waals surface area contributed by atoms with Crippen molar-refractivity contribution in [2.75, 3.05) is 13.6 Å². The molecular weight excluding hydrogens is 343 g/mol. The predicted molar refractivity (Wildman–Crippen MR) is 90.4 cm³/mol. The summed E-state index contributed by atoms with van der Waals surface area (Å²) in [4.78, 5) is 5.62. The Balaban J connectivity index is 1.78. The van der Waals surface area contributed by atoms with Gasteiger partial charge in [-0.2, -0.15) is 13.2 Å². The Bertz CT molecular complexity index is 710. The summed E-state index contributed by atoms with van der Waals surface area (Å²) in [5.74, 6) is 4.08. The van der Waals surface area contributed by atoms with Gasteiger partial charge in [0.05, 0.1) is 6.04 Å². The van der Waals surface area contributed by atoms with Crippen molar-refractivity contribution in [1.82, 2.24) is 14.0 Å². The van der Waals surface area contributed by atoms with Crippen LogP contribution in [0.1, 0.15) is 23.0 Å². The second kappa shape index (κ2) is 6.35. The molecule has 0 radical (unpaired) electrons. The fourth-order valence-corrected chi connectivity index (χ4v) is 4.57. The highest BCUT2D eigenvalue weighted by Crippen LogP contribution is 2.37. The fraction of sp³-hybridized carbons (Fsp3) is 0.333. The molecule has 1 N–H and O–H groups in total. The first-order valence-corrected chi connectivity index (χ1v) is 9.16. The van der Waals surface area contributed by atoms with E-state index in [-0.39, 0.29) is 16.9 Å². The molecule has 0 amide bonds. The fourth-order valence-electron chi connectivity index (χ4n) is 2.34. The first-order chi connectivity index (χ1) is 10.8. The summed E-state index contributed by atoms with van der Waals surface area (Å²) in [6.07, 6.45) is -2.13. The minimum atomic E-state index is -4.40. The van der Waals surface area contributed by atoms with Gasteiger partial charge in [-0.05, 0) is 43.6 Å². The highest BCUT2D eigenvalue weighted by Gasteiger charge is 2.32. The van der Waals surface area contributed by atoms with Gasteiger partial charge in [0.2, 0.25) is 0 Å². The molecule has 23 heavy (non-hydrogen) atoms. The third kappa shape index (κ3) is 3.65. The summed E-state index contributed by atoms with van der Waals surface area (Å²) in [6, 6.07) is 6.70. The zero-order chi connectivity index (χ0) is 16.6. The predicted octanol–water partition coefficient (Wildman–Crippen LogP) is 4.33. The molecule has 3 nitrogen and oxygen atoms in total. The van der Waals surface area contributed by atoms with Crippen LogP contribution in [0.25, 0.3) is 10.4 Å². The number of alkyl halides is 3. The Morgan fingerprint density at radius 2 is 2.13 bits per heavy atom. The van der Waals surface area contributed by atoms with Crippen LogP contribution in [-0.4, -0.2) is 28.8 Å². The Kier molecular flexibility index (Phi) is 4.59. The van der Waals surface area contributed by atoms with Crippen molar-refractivity contribution in [3.63, 3.8) is 0 Å². The normalized spacial score (nSPS) is 23.1. The Hall–Kier alpha value is -1.22. The summed E-state index contributed by atoms with van der Waals surface area (Å²) in [7, 11) is 1.82. The first kappa shape index (κ1) is 16.6. The average molecular weight is 359 g/mol. The van der Waals surface area contributed by atoms with Crippen molar-refractivity contribution in [3.8, 4) is 10.4 Å². The molecule has 2 aromatic heterocycles. The Morgan fingerprint density at radius 1 is 1.35 bits per heavy atom. The number of nitrogens with one attached hydrogen (secondary N) is 1. The first-order valence-electron chi connectivity index (χ1n) is 6.99. The summed E-state index contributed by atoms with van der Waals surface area (Å²) < 4.78 is 43.3. The summed E-state index contributed by atoms with van der Waals surface area (Å²) in [5.41, 5.74) is -0.160. The largest absolute Gasteiger partial charge is 0.433 e. The molecule has 1 unspecified atom stereocenters. The maximum atomic E-state index is 12.6. The van der Waals surface area contributed by atoms with E-state index in [0.29, 0.717) is 5.56 Å². The van der Waals surface area contributed by atoms with Gasteiger partial charge in [0, 0.05) is 28.1 Å². The van der Waals surface area contributed by atoms with Gasteiger partial charge in [-0.15, -0.1) is 11.3 Å². The molecule has 0 aliphatic carbocycles. The smallest absolute Gasteiger partial charge is 0.251 e. The van der Waals surface area contributed by atoms with Crippen LogP contribution in [0.15, 0.2) is 30.5 Å². The SMILES string of the molecule is C=S1N[C@H](c2ccc(-c3ccc(C(F)(F)F)nc3)s2)CCN1C. The molecule has 0 saturated carbocycles. The number of halogens is 3. The van der Waals surface area contributed by atoms with E-state index in [2.05, 4.69) is 19.9 Å². The highest BCUT2D eigenvalue weighted by atomic mass is 32.2. The van der Waals surface area contributed by atoms with Gasteiger partial charge < -0.3 is 0 Å². The van der Waals surface area contributed by atoms with E-state index in [9.17, 15) is 13.2 Å². The van der Waals surface area contributed by atoms with E-state index in [1.54, 1.807) is 11.3 Å². The third-order valence-corrected chi connectivity index (χ3v) is 6.44. The Morgan fingerprint density at radius 3 is 2.74 bits per heavy atom. The van der Waals surface area contributed by atoms with Crippen molar-refractivity contribution < 1.29 is 13.2 Å².